The number of allylic oxidation sites excluding steroid dienone is 2. The third-order valence-electron chi connectivity index (χ3n) is 2.47. The lowest BCUT2D eigenvalue weighted by molar-refractivity contribution is 0.0485. The van der Waals surface area contributed by atoms with Crippen LogP contribution in [0.5, 0.6) is 0 Å². The number of rotatable bonds is 1. The minimum atomic E-state index is -0.954. The third-order valence-corrected chi connectivity index (χ3v) is 2.47. The van der Waals surface area contributed by atoms with Crippen molar-refractivity contribution in [2.45, 2.75) is 6.23 Å². The molecule has 2 N–H and O–H groups in total. The van der Waals surface area contributed by atoms with E-state index in [-0.39, 0.29) is 5.76 Å². The van der Waals surface area contributed by atoms with Gasteiger partial charge in [0.05, 0.1) is 0 Å². The van der Waals surface area contributed by atoms with Crippen LogP contribution in [0.25, 0.3) is 5.57 Å². The molecule has 0 saturated heterocycles. The molecule has 1 unspecified atom stereocenters. The Morgan fingerprint density at radius 3 is 2.53 bits per heavy atom. The van der Waals surface area contributed by atoms with Gasteiger partial charge in [-0.25, -0.2) is 0 Å². The Bertz CT molecular complexity index is 409. The molecule has 2 rings (SSSR count). The Labute approximate surface area is 88.6 Å². The van der Waals surface area contributed by atoms with Crippen LogP contribution in [0, 0.1) is 0 Å². The molecule has 78 valence electrons. The van der Waals surface area contributed by atoms with Gasteiger partial charge in [0.2, 0.25) is 0 Å². The SMILES string of the molecule is CN1C=CC(c2ccccc2)=C(O)C1O. The second-order valence-electron chi connectivity index (χ2n) is 3.52. The zero-order valence-corrected chi connectivity index (χ0v) is 8.46. The van der Waals surface area contributed by atoms with Gasteiger partial charge < -0.3 is 15.1 Å². The van der Waals surface area contributed by atoms with E-state index in [0.717, 1.165) is 5.56 Å². The van der Waals surface area contributed by atoms with Gasteiger partial charge in [0.25, 0.3) is 0 Å². The van der Waals surface area contributed by atoms with E-state index in [1.54, 1.807) is 24.2 Å². The first-order valence-electron chi connectivity index (χ1n) is 4.77. The first kappa shape index (κ1) is 9.80. The molecule has 3 nitrogen and oxygen atoms in total. The van der Waals surface area contributed by atoms with Crippen molar-refractivity contribution < 1.29 is 10.2 Å². The summed E-state index contributed by atoms with van der Waals surface area (Å²) in [7, 11) is 1.71. The first-order valence-corrected chi connectivity index (χ1v) is 4.77. The molecule has 3 heteroatoms. The monoisotopic (exact) mass is 203 g/mol. The first-order chi connectivity index (χ1) is 7.20. The van der Waals surface area contributed by atoms with E-state index in [0.29, 0.717) is 5.57 Å². The normalized spacial score (nSPS) is 20.9. The van der Waals surface area contributed by atoms with Crippen LogP contribution < -0.4 is 0 Å². The molecular formula is C12H13NO2. The van der Waals surface area contributed by atoms with Crippen molar-refractivity contribution in [2.75, 3.05) is 7.05 Å². The summed E-state index contributed by atoms with van der Waals surface area (Å²) in [6, 6.07) is 9.50. The highest BCUT2D eigenvalue weighted by Crippen LogP contribution is 2.25. The van der Waals surface area contributed by atoms with E-state index < -0.39 is 6.23 Å². The summed E-state index contributed by atoms with van der Waals surface area (Å²) < 4.78 is 0. The highest BCUT2D eigenvalue weighted by atomic mass is 16.3. The molecule has 0 aliphatic carbocycles. The fourth-order valence-electron chi connectivity index (χ4n) is 1.55. The van der Waals surface area contributed by atoms with Gasteiger partial charge in [-0.2, -0.15) is 0 Å². The topological polar surface area (TPSA) is 43.7 Å². The van der Waals surface area contributed by atoms with E-state index in [1.165, 1.54) is 0 Å². The summed E-state index contributed by atoms with van der Waals surface area (Å²) in [6.45, 7) is 0. The Morgan fingerprint density at radius 1 is 1.20 bits per heavy atom. The van der Waals surface area contributed by atoms with Crippen molar-refractivity contribution in [3.63, 3.8) is 0 Å². The van der Waals surface area contributed by atoms with Gasteiger partial charge in [-0.1, -0.05) is 30.3 Å². The number of likely N-dealkylation sites (N-methyl/N-ethyl adjacent to an activating group) is 1. The van der Waals surface area contributed by atoms with Crippen LogP contribution in [0.1, 0.15) is 5.56 Å². The molecule has 0 amide bonds. The lowest BCUT2D eigenvalue weighted by Gasteiger charge is -2.26. The maximum absolute atomic E-state index is 9.80. The Morgan fingerprint density at radius 2 is 1.87 bits per heavy atom. The zero-order valence-electron chi connectivity index (χ0n) is 8.46. The molecule has 0 bridgehead atoms. The van der Waals surface area contributed by atoms with Crippen molar-refractivity contribution in [1.29, 1.82) is 0 Å². The number of hydrogen-bond donors (Lipinski definition) is 2. The zero-order chi connectivity index (χ0) is 10.8. The summed E-state index contributed by atoms with van der Waals surface area (Å²) in [6.07, 6.45) is 2.58. The van der Waals surface area contributed by atoms with Crippen molar-refractivity contribution in [2.24, 2.45) is 0 Å². The van der Waals surface area contributed by atoms with Crippen molar-refractivity contribution >= 4 is 5.57 Å². The number of nitrogens with zero attached hydrogens (tertiary/aromatic N) is 1. The molecule has 15 heavy (non-hydrogen) atoms. The Kier molecular flexibility index (Phi) is 2.47. The van der Waals surface area contributed by atoms with Crippen molar-refractivity contribution in [1.82, 2.24) is 4.90 Å². The summed E-state index contributed by atoms with van der Waals surface area (Å²) in [5.74, 6) is -0.00815. The van der Waals surface area contributed by atoms with E-state index >= 15 is 0 Å². The standard InChI is InChI=1S/C12H13NO2/c1-13-8-7-10(11(14)12(13)15)9-5-3-2-4-6-9/h2-8,12,14-15H,1H3. The molecule has 0 saturated carbocycles. The summed E-state index contributed by atoms with van der Waals surface area (Å²) >= 11 is 0. The number of aliphatic hydroxyl groups is 2. The molecule has 1 aliphatic heterocycles. The number of benzene rings is 1. The minimum Gasteiger partial charge on any atom is -0.507 e. The van der Waals surface area contributed by atoms with Crippen LogP contribution in [0.3, 0.4) is 0 Å². The molecule has 1 aromatic carbocycles. The van der Waals surface area contributed by atoms with Crippen LogP contribution in [0.4, 0.5) is 0 Å². The highest BCUT2D eigenvalue weighted by Gasteiger charge is 2.21. The summed E-state index contributed by atoms with van der Waals surface area (Å²) in [4.78, 5) is 1.54. The maximum atomic E-state index is 9.80. The molecule has 0 aromatic heterocycles. The summed E-state index contributed by atoms with van der Waals surface area (Å²) in [5, 5.41) is 19.4. The van der Waals surface area contributed by atoms with E-state index in [1.807, 2.05) is 30.3 Å². The maximum Gasteiger partial charge on any atom is 0.185 e. The fourth-order valence-corrected chi connectivity index (χ4v) is 1.55. The van der Waals surface area contributed by atoms with Gasteiger partial charge in [0.15, 0.2) is 6.23 Å². The van der Waals surface area contributed by atoms with Gasteiger partial charge in [-0.15, -0.1) is 0 Å². The average molecular weight is 203 g/mol. The number of hydrogen-bond acceptors (Lipinski definition) is 3. The van der Waals surface area contributed by atoms with Gasteiger partial charge in [0, 0.05) is 18.8 Å². The van der Waals surface area contributed by atoms with Crippen molar-refractivity contribution in [3.05, 3.63) is 53.9 Å². The average Bonchev–Trinajstić information content (AvgIpc) is 2.27. The quantitative estimate of drug-likeness (QED) is 0.730. The van der Waals surface area contributed by atoms with Gasteiger partial charge in [0.1, 0.15) is 5.76 Å². The van der Waals surface area contributed by atoms with E-state index in [9.17, 15) is 10.2 Å². The minimum absolute atomic E-state index is 0.00815. The highest BCUT2D eigenvalue weighted by molar-refractivity contribution is 5.76. The Hall–Kier alpha value is -1.74. The summed E-state index contributed by atoms with van der Waals surface area (Å²) in [5.41, 5.74) is 1.57. The molecule has 1 atom stereocenters. The number of aliphatic hydroxyl groups excluding tert-OH is 2. The van der Waals surface area contributed by atoms with Gasteiger partial charge in [-0.3, -0.25) is 0 Å². The van der Waals surface area contributed by atoms with Gasteiger partial charge in [-0.05, 0) is 11.6 Å². The fraction of sp³-hybridized carbons (Fsp3) is 0.167. The van der Waals surface area contributed by atoms with Crippen LogP contribution in [0.2, 0.25) is 0 Å². The van der Waals surface area contributed by atoms with Gasteiger partial charge >= 0.3 is 0 Å². The largest absolute Gasteiger partial charge is 0.507 e. The smallest absolute Gasteiger partial charge is 0.185 e. The predicted octanol–water partition coefficient (Wildman–Crippen LogP) is 1.73. The lowest BCUT2D eigenvalue weighted by Crippen LogP contribution is -2.31. The molecule has 1 aliphatic rings. The van der Waals surface area contributed by atoms with Crippen LogP contribution in [0.15, 0.2) is 48.4 Å². The van der Waals surface area contributed by atoms with Crippen LogP contribution in [-0.2, 0) is 0 Å². The van der Waals surface area contributed by atoms with E-state index in [2.05, 4.69) is 0 Å². The second-order valence-corrected chi connectivity index (χ2v) is 3.52. The lowest BCUT2D eigenvalue weighted by atomic mass is 10.0. The molecular weight excluding hydrogens is 190 g/mol. The van der Waals surface area contributed by atoms with Crippen LogP contribution >= 0.6 is 0 Å². The predicted molar refractivity (Wildman–Crippen MR) is 58.9 cm³/mol. The third kappa shape index (κ3) is 1.74. The molecule has 1 heterocycles. The van der Waals surface area contributed by atoms with E-state index in [4.69, 9.17) is 0 Å². The molecule has 0 radical (unpaired) electrons. The van der Waals surface area contributed by atoms with Crippen LogP contribution in [-0.4, -0.2) is 28.4 Å². The Balaban J connectivity index is 2.43. The second kappa shape index (κ2) is 3.79. The van der Waals surface area contributed by atoms with Crippen molar-refractivity contribution in [3.8, 4) is 0 Å². The molecule has 0 fully saturated rings. The molecule has 1 aromatic rings. The molecule has 0 spiro atoms.